The van der Waals surface area contributed by atoms with Crippen molar-refractivity contribution >= 4 is 5.91 Å². The lowest BCUT2D eigenvalue weighted by molar-refractivity contribution is 0.0946. The van der Waals surface area contributed by atoms with E-state index in [0.29, 0.717) is 24.4 Å². The van der Waals surface area contributed by atoms with Crippen LogP contribution in [-0.4, -0.2) is 24.2 Å². The average Bonchev–Trinajstić information content (AvgIpc) is 3.31. The molecule has 0 heterocycles. The molecule has 21 heavy (non-hydrogen) atoms. The SMILES string of the molecule is CC(CNC(=O)c1ccc(C#CCCO)c(F)c1)C1CC1. The number of carbonyl (C=O) groups is 1. The Morgan fingerprint density at radius 3 is 2.90 bits per heavy atom. The number of nitrogens with one attached hydrogen (secondary N) is 1. The second kappa shape index (κ2) is 7.24. The van der Waals surface area contributed by atoms with Gasteiger partial charge in [-0.3, -0.25) is 4.79 Å². The van der Waals surface area contributed by atoms with Gasteiger partial charge in [0.25, 0.3) is 5.91 Å². The van der Waals surface area contributed by atoms with Crippen LogP contribution in [-0.2, 0) is 0 Å². The second-order valence-electron chi connectivity index (χ2n) is 5.49. The molecule has 1 unspecified atom stereocenters. The molecule has 0 radical (unpaired) electrons. The molecule has 1 aromatic rings. The fourth-order valence-electron chi connectivity index (χ4n) is 2.16. The van der Waals surface area contributed by atoms with Crippen LogP contribution in [0.3, 0.4) is 0 Å². The molecule has 0 bridgehead atoms. The molecule has 2 N–H and O–H groups in total. The molecule has 3 nitrogen and oxygen atoms in total. The number of aliphatic hydroxyl groups is 1. The second-order valence-corrected chi connectivity index (χ2v) is 5.49. The number of benzene rings is 1. The summed E-state index contributed by atoms with van der Waals surface area (Å²) in [5.41, 5.74) is 0.551. The zero-order valence-electron chi connectivity index (χ0n) is 12.2. The van der Waals surface area contributed by atoms with Crippen LogP contribution in [0.1, 0.15) is 42.1 Å². The zero-order valence-corrected chi connectivity index (χ0v) is 12.2. The number of amides is 1. The first kappa shape index (κ1) is 15.5. The molecule has 0 aliphatic heterocycles. The van der Waals surface area contributed by atoms with Crippen LogP contribution < -0.4 is 5.32 Å². The summed E-state index contributed by atoms with van der Waals surface area (Å²) >= 11 is 0. The number of halogens is 1. The Morgan fingerprint density at radius 2 is 2.29 bits per heavy atom. The predicted octanol–water partition coefficient (Wildman–Crippen LogP) is 2.34. The van der Waals surface area contributed by atoms with Crippen molar-refractivity contribution in [3.05, 3.63) is 35.1 Å². The van der Waals surface area contributed by atoms with Gasteiger partial charge in [0, 0.05) is 18.5 Å². The van der Waals surface area contributed by atoms with Gasteiger partial charge < -0.3 is 10.4 Å². The molecule has 1 aliphatic carbocycles. The van der Waals surface area contributed by atoms with E-state index >= 15 is 0 Å². The summed E-state index contributed by atoms with van der Waals surface area (Å²) in [6.45, 7) is 2.70. The maximum Gasteiger partial charge on any atom is 0.251 e. The first-order valence-corrected chi connectivity index (χ1v) is 7.29. The molecule has 1 saturated carbocycles. The number of hydrogen-bond acceptors (Lipinski definition) is 2. The van der Waals surface area contributed by atoms with Crippen molar-refractivity contribution in [3.8, 4) is 11.8 Å². The Hall–Kier alpha value is -1.86. The van der Waals surface area contributed by atoms with E-state index in [1.165, 1.54) is 25.0 Å². The third kappa shape index (κ3) is 4.57. The van der Waals surface area contributed by atoms with E-state index in [0.717, 1.165) is 5.92 Å². The lowest BCUT2D eigenvalue weighted by Crippen LogP contribution is -2.29. The molecule has 0 spiro atoms. The van der Waals surface area contributed by atoms with Crippen LogP contribution in [0.15, 0.2) is 18.2 Å². The quantitative estimate of drug-likeness (QED) is 0.817. The van der Waals surface area contributed by atoms with E-state index in [4.69, 9.17) is 5.11 Å². The van der Waals surface area contributed by atoms with Gasteiger partial charge in [-0.1, -0.05) is 18.8 Å². The molecule has 1 amide bonds. The van der Waals surface area contributed by atoms with E-state index in [1.54, 1.807) is 6.07 Å². The minimum absolute atomic E-state index is 0.0473. The summed E-state index contributed by atoms with van der Waals surface area (Å²) in [7, 11) is 0. The van der Waals surface area contributed by atoms with Crippen LogP contribution in [0, 0.1) is 29.5 Å². The van der Waals surface area contributed by atoms with Gasteiger partial charge in [0.05, 0.1) is 12.2 Å². The van der Waals surface area contributed by atoms with Gasteiger partial charge in [0.2, 0.25) is 0 Å². The highest BCUT2D eigenvalue weighted by molar-refractivity contribution is 5.94. The number of rotatable bonds is 5. The predicted molar refractivity (Wildman–Crippen MR) is 79.2 cm³/mol. The first-order valence-electron chi connectivity index (χ1n) is 7.29. The van der Waals surface area contributed by atoms with E-state index in [9.17, 15) is 9.18 Å². The van der Waals surface area contributed by atoms with Gasteiger partial charge >= 0.3 is 0 Å². The lowest BCUT2D eigenvalue weighted by Gasteiger charge is -2.11. The molecule has 4 heteroatoms. The summed E-state index contributed by atoms with van der Waals surface area (Å²) < 4.78 is 13.8. The lowest BCUT2D eigenvalue weighted by atomic mass is 10.1. The van der Waals surface area contributed by atoms with Gasteiger partial charge in [-0.2, -0.15) is 0 Å². The first-order chi connectivity index (χ1) is 10.1. The van der Waals surface area contributed by atoms with Crippen molar-refractivity contribution in [2.45, 2.75) is 26.2 Å². The van der Waals surface area contributed by atoms with Crippen LogP contribution >= 0.6 is 0 Å². The standard InChI is InChI=1S/C17H20FNO2/c1-12(13-5-6-13)11-19-17(21)15-8-7-14(16(18)10-15)4-2-3-9-20/h7-8,10,12-13,20H,3,5-6,9,11H2,1H3,(H,19,21). The monoisotopic (exact) mass is 289 g/mol. The van der Waals surface area contributed by atoms with Crippen LogP contribution in [0.2, 0.25) is 0 Å². The Morgan fingerprint density at radius 1 is 1.52 bits per heavy atom. The van der Waals surface area contributed by atoms with Gasteiger partial charge in [-0.25, -0.2) is 4.39 Å². The molecule has 1 atom stereocenters. The largest absolute Gasteiger partial charge is 0.395 e. The van der Waals surface area contributed by atoms with Crippen LogP contribution in [0.25, 0.3) is 0 Å². The maximum atomic E-state index is 13.8. The van der Waals surface area contributed by atoms with Crippen molar-refractivity contribution in [3.63, 3.8) is 0 Å². The molecule has 0 aromatic heterocycles. The number of hydrogen-bond donors (Lipinski definition) is 2. The summed E-state index contributed by atoms with van der Waals surface area (Å²) in [5.74, 6) is 5.73. The normalized spacial score (nSPS) is 15.0. The Bertz CT molecular complexity index is 570. The van der Waals surface area contributed by atoms with Gasteiger partial charge in [-0.05, 0) is 42.9 Å². The fraction of sp³-hybridized carbons (Fsp3) is 0.471. The van der Waals surface area contributed by atoms with E-state index in [-0.39, 0.29) is 18.1 Å². The Labute approximate surface area is 124 Å². The van der Waals surface area contributed by atoms with Crippen LogP contribution in [0.4, 0.5) is 4.39 Å². The zero-order chi connectivity index (χ0) is 15.2. The third-order valence-electron chi connectivity index (χ3n) is 3.70. The highest BCUT2D eigenvalue weighted by Crippen LogP contribution is 2.36. The molecule has 1 aromatic carbocycles. The van der Waals surface area contributed by atoms with E-state index in [2.05, 4.69) is 24.1 Å². The van der Waals surface area contributed by atoms with Gasteiger partial charge in [0.15, 0.2) is 0 Å². The number of carbonyl (C=O) groups excluding carboxylic acids is 1. The number of aliphatic hydroxyl groups excluding tert-OH is 1. The molecule has 1 aliphatic rings. The molecule has 112 valence electrons. The van der Waals surface area contributed by atoms with Crippen molar-refractivity contribution in [1.82, 2.24) is 5.32 Å². The smallest absolute Gasteiger partial charge is 0.251 e. The van der Waals surface area contributed by atoms with E-state index < -0.39 is 5.82 Å². The fourth-order valence-corrected chi connectivity index (χ4v) is 2.16. The summed E-state index contributed by atoms with van der Waals surface area (Å²) in [6.07, 6.45) is 2.79. The minimum Gasteiger partial charge on any atom is -0.395 e. The van der Waals surface area contributed by atoms with Crippen LogP contribution in [0.5, 0.6) is 0 Å². The third-order valence-corrected chi connectivity index (χ3v) is 3.70. The highest BCUT2D eigenvalue weighted by atomic mass is 19.1. The molecular weight excluding hydrogens is 269 g/mol. The molecule has 0 saturated heterocycles. The molecule has 1 fully saturated rings. The Kier molecular flexibility index (Phi) is 5.35. The maximum absolute atomic E-state index is 13.8. The van der Waals surface area contributed by atoms with E-state index in [1.807, 2.05) is 0 Å². The van der Waals surface area contributed by atoms with Crippen molar-refractivity contribution in [2.75, 3.05) is 13.2 Å². The molecule has 2 rings (SSSR count). The van der Waals surface area contributed by atoms with Gasteiger partial charge in [-0.15, -0.1) is 0 Å². The summed E-state index contributed by atoms with van der Waals surface area (Å²) in [5, 5.41) is 11.5. The van der Waals surface area contributed by atoms with Crippen molar-refractivity contribution in [1.29, 1.82) is 0 Å². The minimum atomic E-state index is -0.511. The highest BCUT2D eigenvalue weighted by Gasteiger charge is 2.27. The topological polar surface area (TPSA) is 49.3 Å². The summed E-state index contributed by atoms with van der Waals surface area (Å²) in [4.78, 5) is 12.0. The Balaban J connectivity index is 1.95. The average molecular weight is 289 g/mol. The summed E-state index contributed by atoms with van der Waals surface area (Å²) in [6, 6.07) is 4.28. The van der Waals surface area contributed by atoms with Crippen molar-refractivity contribution in [2.24, 2.45) is 11.8 Å². The van der Waals surface area contributed by atoms with Crippen molar-refractivity contribution < 1.29 is 14.3 Å². The molecular formula is C17H20FNO2. The van der Waals surface area contributed by atoms with Gasteiger partial charge in [0.1, 0.15) is 5.82 Å².